The van der Waals surface area contributed by atoms with Crippen molar-refractivity contribution in [1.82, 2.24) is 4.90 Å². The number of rotatable bonds is 6. The van der Waals surface area contributed by atoms with Crippen LogP contribution in [0.4, 0.5) is 0 Å². The van der Waals surface area contributed by atoms with Crippen molar-refractivity contribution in [2.24, 2.45) is 0 Å². The van der Waals surface area contributed by atoms with Gasteiger partial charge in [0.05, 0.1) is 20.3 Å². The molecule has 0 spiro atoms. The number of aliphatic hydroxyl groups excluding tert-OH is 1. The molecular formula is C16H23NO3. The number of nitrogens with zero attached hydrogens (tertiary/aromatic N) is 1. The molecule has 20 heavy (non-hydrogen) atoms. The van der Waals surface area contributed by atoms with E-state index in [0.717, 1.165) is 37.6 Å². The molecule has 0 fully saturated rings. The monoisotopic (exact) mass is 277 g/mol. The van der Waals surface area contributed by atoms with Gasteiger partial charge in [0.1, 0.15) is 0 Å². The molecule has 0 saturated heterocycles. The van der Waals surface area contributed by atoms with Crippen molar-refractivity contribution in [3.63, 3.8) is 0 Å². The van der Waals surface area contributed by atoms with E-state index < -0.39 is 0 Å². The van der Waals surface area contributed by atoms with Crippen molar-refractivity contribution < 1.29 is 14.6 Å². The van der Waals surface area contributed by atoms with E-state index >= 15 is 0 Å². The summed E-state index contributed by atoms with van der Waals surface area (Å²) in [4.78, 5) is 2.25. The molecule has 0 saturated carbocycles. The van der Waals surface area contributed by atoms with Gasteiger partial charge >= 0.3 is 0 Å². The summed E-state index contributed by atoms with van der Waals surface area (Å²) in [7, 11) is 1.66. The van der Waals surface area contributed by atoms with Crippen molar-refractivity contribution in [3.05, 3.63) is 29.8 Å². The average molecular weight is 277 g/mol. The van der Waals surface area contributed by atoms with Crippen LogP contribution < -0.4 is 9.47 Å². The van der Waals surface area contributed by atoms with Crippen molar-refractivity contribution >= 4 is 5.57 Å². The highest BCUT2D eigenvalue weighted by atomic mass is 16.5. The summed E-state index contributed by atoms with van der Waals surface area (Å²) in [6.07, 6.45) is 3.23. The van der Waals surface area contributed by atoms with Gasteiger partial charge < -0.3 is 14.6 Å². The molecule has 2 rings (SSSR count). The predicted molar refractivity (Wildman–Crippen MR) is 80.3 cm³/mol. The number of hydrogen-bond donors (Lipinski definition) is 1. The van der Waals surface area contributed by atoms with Crippen molar-refractivity contribution in [2.75, 3.05) is 40.0 Å². The first kappa shape index (κ1) is 14.9. The van der Waals surface area contributed by atoms with Gasteiger partial charge in [-0.05, 0) is 36.6 Å². The molecule has 0 unspecified atom stereocenters. The predicted octanol–water partition coefficient (Wildman–Crippen LogP) is 2.18. The Labute approximate surface area is 120 Å². The number of methoxy groups -OCH3 is 1. The zero-order chi connectivity index (χ0) is 14.4. The van der Waals surface area contributed by atoms with Crippen LogP contribution in [0.5, 0.6) is 11.5 Å². The standard InChI is InChI=1S/C16H23NO3/c1-3-20-16-12-14(4-5-15(16)19-2)13-6-8-17(9-7-13)10-11-18/h4-6,12,18H,3,7-11H2,1-2H3. The molecule has 1 heterocycles. The Morgan fingerprint density at radius 2 is 2.15 bits per heavy atom. The first-order chi connectivity index (χ1) is 9.78. The molecule has 0 radical (unpaired) electrons. The second-order valence-corrected chi connectivity index (χ2v) is 4.80. The molecule has 1 N–H and O–H groups in total. The van der Waals surface area contributed by atoms with E-state index in [-0.39, 0.29) is 6.61 Å². The molecule has 110 valence electrons. The molecule has 1 aromatic carbocycles. The minimum Gasteiger partial charge on any atom is -0.493 e. The average Bonchev–Trinajstić information content (AvgIpc) is 2.49. The van der Waals surface area contributed by atoms with Gasteiger partial charge in [-0.15, -0.1) is 0 Å². The molecule has 0 aromatic heterocycles. The molecule has 1 aromatic rings. The van der Waals surface area contributed by atoms with Crippen LogP contribution in [0, 0.1) is 0 Å². The molecule has 1 aliphatic rings. The molecule has 0 bridgehead atoms. The maximum atomic E-state index is 8.96. The Morgan fingerprint density at radius 3 is 2.75 bits per heavy atom. The summed E-state index contributed by atoms with van der Waals surface area (Å²) < 4.78 is 10.9. The summed E-state index contributed by atoms with van der Waals surface area (Å²) >= 11 is 0. The zero-order valence-electron chi connectivity index (χ0n) is 12.3. The molecule has 4 heteroatoms. The minimum atomic E-state index is 0.222. The van der Waals surface area contributed by atoms with Gasteiger partial charge in [0, 0.05) is 19.6 Å². The normalized spacial score (nSPS) is 15.8. The van der Waals surface area contributed by atoms with Crippen LogP contribution in [0.15, 0.2) is 24.3 Å². The molecule has 4 nitrogen and oxygen atoms in total. The lowest BCUT2D eigenvalue weighted by Crippen LogP contribution is -2.31. The van der Waals surface area contributed by atoms with Gasteiger partial charge in [-0.3, -0.25) is 4.90 Å². The van der Waals surface area contributed by atoms with Gasteiger partial charge in [0.2, 0.25) is 0 Å². The highest BCUT2D eigenvalue weighted by molar-refractivity contribution is 5.69. The van der Waals surface area contributed by atoms with Crippen LogP contribution >= 0.6 is 0 Å². The van der Waals surface area contributed by atoms with E-state index in [1.54, 1.807) is 7.11 Å². The largest absolute Gasteiger partial charge is 0.493 e. The van der Waals surface area contributed by atoms with Crippen LogP contribution in [0.3, 0.4) is 0 Å². The molecule has 0 amide bonds. The van der Waals surface area contributed by atoms with Gasteiger partial charge in [-0.1, -0.05) is 12.1 Å². The van der Waals surface area contributed by atoms with Gasteiger partial charge in [0.15, 0.2) is 11.5 Å². The first-order valence-electron chi connectivity index (χ1n) is 7.12. The smallest absolute Gasteiger partial charge is 0.161 e. The Balaban J connectivity index is 2.15. The van der Waals surface area contributed by atoms with Gasteiger partial charge in [-0.2, -0.15) is 0 Å². The van der Waals surface area contributed by atoms with Crippen LogP contribution in [0.1, 0.15) is 18.9 Å². The van der Waals surface area contributed by atoms with Crippen molar-refractivity contribution in [3.8, 4) is 11.5 Å². The van der Waals surface area contributed by atoms with Crippen LogP contribution in [0.25, 0.3) is 5.57 Å². The fourth-order valence-corrected chi connectivity index (χ4v) is 2.46. The number of ether oxygens (including phenoxy) is 2. The van der Waals surface area contributed by atoms with E-state index in [1.807, 2.05) is 13.0 Å². The lowest BCUT2D eigenvalue weighted by Gasteiger charge is -2.25. The summed E-state index contributed by atoms with van der Waals surface area (Å²) in [5.41, 5.74) is 2.53. The third kappa shape index (κ3) is 3.52. The number of aliphatic hydroxyl groups is 1. The minimum absolute atomic E-state index is 0.222. The molecular weight excluding hydrogens is 254 g/mol. The van der Waals surface area contributed by atoms with Crippen molar-refractivity contribution in [1.29, 1.82) is 0 Å². The van der Waals surface area contributed by atoms with E-state index in [1.165, 1.54) is 11.1 Å². The maximum Gasteiger partial charge on any atom is 0.161 e. The quantitative estimate of drug-likeness (QED) is 0.865. The summed E-state index contributed by atoms with van der Waals surface area (Å²) in [6, 6.07) is 6.09. The Morgan fingerprint density at radius 1 is 1.30 bits per heavy atom. The van der Waals surface area contributed by atoms with Crippen molar-refractivity contribution in [2.45, 2.75) is 13.3 Å². The second kappa shape index (κ2) is 7.31. The summed E-state index contributed by atoms with van der Waals surface area (Å²) in [5.74, 6) is 1.57. The molecule has 0 atom stereocenters. The molecule has 0 aliphatic carbocycles. The Hall–Kier alpha value is -1.52. The van der Waals surface area contributed by atoms with E-state index in [9.17, 15) is 0 Å². The van der Waals surface area contributed by atoms with E-state index in [4.69, 9.17) is 14.6 Å². The zero-order valence-corrected chi connectivity index (χ0v) is 12.3. The first-order valence-corrected chi connectivity index (χ1v) is 7.12. The third-order valence-corrected chi connectivity index (χ3v) is 3.54. The number of hydrogen-bond acceptors (Lipinski definition) is 4. The SMILES string of the molecule is CCOc1cc(C2=CCN(CCO)CC2)ccc1OC. The van der Waals surface area contributed by atoms with E-state index in [0.29, 0.717) is 6.61 Å². The van der Waals surface area contributed by atoms with Gasteiger partial charge in [0.25, 0.3) is 0 Å². The van der Waals surface area contributed by atoms with Crippen LogP contribution in [0.2, 0.25) is 0 Å². The summed E-state index contributed by atoms with van der Waals surface area (Å²) in [5, 5.41) is 8.96. The fourth-order valence-electron chi connectivity index (χ4n) is 2.46. The van der Waals surface area contributed by atoms with E-state index in [2.05, 4.69) is 23.1 Å². The number of β-amino-alcohol motifs (C(OH)–C–C–N with tert-alkyl or cyclic N) is 1. The number of benzene rings is 1. The topological polar surface area (TPSA) is 41.9 Å². The van der Waals surface area contributed by atoms with Crippen LogP contribution in [-0.2, 0) is 0 Å². The maximum absolute atomic E-state index is 8.96. The highest BCUT2D eigenvalue weighted by Crippen LogP contribution is 2.32. The fraction of sp³-hybridized carbons (Fsp3) is 0.500. The Kier molecular flexibility index (Phi) is 5.44. The second-order valence-electron chi connectivity index (χ2n) is 4.80. The van der Waals surface area contributed by atoms with Crippen LogP contribution in [-0.4, -0.2) is 50.0 Å². The Bertz CT molecular complexity index is 471. The third-order valence-electron chi connectivity index (χ3n) is 3.54. The molecule has 1 aliphatic heterocycles. The highest BCUT2D eigenvalue weighted by Gasteiger charge is 2.14. The lowest BCUT2D eigenvalue weighted by atomic mass is 9.99. The lowest BCUT2D eigenvalue weighted by molar-refractivity contribution is 0.208. The van der Waals surface area contributed by atoms with Gasteiger partial charge in [-0.25, -0.2) is 0 Å². The summed E-state index contributed by atoms with van der Waals surface area (Å²) in [6.45, 7) is 5.45.